The van der Waals surface area contributed by atoms with Crippen molar-refractivity contribution in [2.75, 3.05) is 25.5 Å². The number of aromatic hydroxyl groups is 1. The van der Waals surface area contributed by atoms with Gasteiger partial charge in [0, 0.05) is 18.2 Å². The Morgan fingerprint density at radius 1 is 0.837 bits per heavy atom. The third kappa shape index (κ3) is 12.0. The zero-order valence-electron chi connectivity index (χ0n) is 26.7. The van der Waals surface area contributed by atoms with Gasteiger partial charge in [-0.25, -0.2) is 0 Å². The third-order valence-electron chi connectivity index (χ3n) is 6.94. The molecule has 0 aromatic heterocycles. The fourth-order valence-corrected chi connectivity index (χ4v) is 4.41. The molecular weight excluding hydrogens is 648 g/mol. The lowest BCUT2D eigenvalue weighted by molar-refractivity contribution is -0.385. The molecule has 19 heteroatoms. The zero-order chi connectivity index (χ0) is 36.8. The Kier molecular flexibility index (Phi) is 14.9. The average Bonchev–Trinajstić information content (AvgIpc) is 3.04. The maximum atomic E-state index is 13.2. The molecule has 19 nitrogen and oxygen atoms in total. The molecule has 266 valence electrons. The number of para-hydroxylation sites is 1. The van der Waals surface area contributed by atoms with E-state index in [1.165, 1.54) is 18.2 Å². The Bertz CT molecular complexity index is 1550. The van der Waals surface area contributed by atoms with E-state index < -0.39 is 95.7 Å². The molecule has 0 saturated heterocycles. The molecule has 4 atom stereocenters. The van der Waals surface area contributed by atoms with Crippen molar-refractivity contribution in [1.82, 2.24) is 26.6 Å². The summed E-state index contributed by atoms with van der Waals surface area (Å²) in [5.41, 5.74) is 11.0. The molecule has 49 heavy (non-hydrogen) atoms. The standard InChI is InChI=1S/C30H40N8O11/c1-15(2)9-20(28(45)35-19(26(32)43)10-16-7-8-24(41)23(11-16)38(48)49)36-30(47)22(14-40)37-29(46)21(13-39)34-25(42)12-33-27(44)17-5-3-4-6-18(17)31/h3-8,11,15,19-22,39-41H,9-10,12-14,31H2,1-2H3,(H2,32,43)(H,33,44)(H,34,42)(H,35,45)(H,36,47)(H,37,46)/t19-,20-,21-,22-/m0/s1. The van der Waals surface area contributed by atoms with Gasteiger partial charge < -0.3 is 53.4 Å². The summed E-state index contributed by atoms with van der Waals surface area (Å²) in [6.45, 7) is 0.976. The maximum Gasteiger partial charge on any atom is 0.310 e. The number of hydrogen-bond donors (Lipinski definition) is 10. The first kappa shape index (κ1) is 39.4. The Morgan fingerprint density at radius 2 is 1.39 bits per heavy atom. The highest BCUT2D eigenvalue weighted by molar-refractivity contribution is 6.01. The highest BCUT2D eigenvalue weighted by atomic mass is 16.6. The summed E-state index contributed by atoms with van der Waals surface area (Å²) in [5, 5.41) is 51.8. The molecule has 0 unspecified atom stereocenters. The molecule has 0 spiro atoms. The second kappa shape index (κ2) is 18.5. The third-order valence-corrected chi connectivity index (χ3v) is 6.94. The number of benzene rings is 2. The molecule has 0 radical (unpaired) electrons. The molecule has 2 aromatic rings. The van der Waals surface area contributed by atoms with Gasteiger partial charge in [-0.3, -0.25) is 38.9 Å². The van der Waals surface area contributed by atoms with Gasteiger partial charge in [-0.2, -0.15) is 0 Å². The first-order chi connectivity index (χ1) is 23.1. The maximum absolute atomic E-state index is 13.2. The van der Waals surface area contributed by atoms with Crippen molar-refractivity contribution in [3.63, 3.8) is 0 Å². The van der Waals surface area contributed by atoms with Gasteiger partial charge in [0.25, 0.3) is 5.91 Å². The number of rotatable bonds is 18. The van der Waals surface area contributed by atoms with Crippen molar-refractivity contribution < 1.29 is 49.0 Å². The van der Waals surface area contributed by atoms with Crippen molar-refractivity contribution in [3.8, 4) is 5.75 Å². The molecule has 0 saturated carbocycles. The number of anilines is 1. The normalized spacial score (nSPS) is 13.2. The number of nitrogen functional groups attached to an aromatic ring is 1. The van der Waals surface area contributed by atoms with Crippen LogP contribution in [0.5, 0.6) is 5.75 Å². The number of phenols is 1. The zero-order valence-corrected chi connectivity index (χ0v) is 26.7. The molecule has 0 aliphatic carbocycles. The fraction of sp³-hybridized carbons (Fsp3) is 0.400. The van der Waals surface area contributed by atoms with Crippen LogP contribution >= 0.6 is 0 Å². The smallest absolute Gasteiger partial charge is 0.310 e. The summed E-state index contributed by atoms with van der Waals surface area (Å²) in [7, 11) is 0. The highest BCUT2D eigenvalue weighted by Crippen LogP contribution is 2.26. The van der Waals surface area contributed by atoms with Gasteiger partial charge in [-0.15, -0.1) is 0 Å². The minimum absolute atomic E-state index is 0.0233. The van der Waals surface area contributed by atoms with Crippen molar-refractivity contribution in [2.24, 2.45) is 11.7 Å². The minimum atomic E-state index is -1.66. The van der Waals surface area contributed by atoms with E-state index in [1.54, 1.807) is 26.0 Å². The van der Waals surface area contributed by atoms with E-state index in [4.69, 9.17) is 11.5 Å². The molecule has 12 N–H and O–H groups in total. The predicted molar refractivity (Wildman–Crippen MR) is 172 cm³/mol. The van der Waals surface area contributed by atoms with Crippen molar-refractivity contribution in [3.05, 3.63) is 63.7 Å². The van der Waals surface area contributed by atoms with Crippen LogP contribution < -0.4 is 38.1 Å². The number of amides is 6. The number of nitrogens with one attached hydrogen (secondary N) is 5. The van der Waals surface area contributed by atoms with E-state index in [1.807, 2.05) is 0 Å². The van der Waals surface area contributed by atoms with E-state index in [9.17, 15) is 54.2 Å². The number of primary amides is 1. The van der Waals surface area contributed by atoms with Crippen LogP contribution in [0.2, 0.25) is 0 Å². The Morgan fingerprint density at radius 3 is 1.94 bits per heavy atom. The van der Waals surface area contributed by atoms with Gasteiger partial charge in [0.15, 0.2) is 5.75 Å². The molecule has 0 bridgehead atoms. The second-order valence-corrected chi connectivity index (χ2v) is 11.3. The van der Waals surface area contributed by atoms with E-state index in [-0.39, 0.29) is 35.6 Å². The predicted octanol–water partition coefficient (Wildman–Crippen LogP) is -2.69. The monoisotopic (exact) mass is 688 g/mol. The van der Waals surface area contributed by atoms with Gasteiger partial charge in [0.05, 0.1) is 30.2 Å². The number of hydrogen-bond acceptors (Lipinski definition) is 12. The van der Waals surface area contributed by atoms with Crippen LogP contribution in [-0.4, -0.2) is 99.6 Å². The van der Waals surface area contributed by atoms with E-state index in [0.29, 0.717) is 0 Å². The van der Waals surface area contributed by atoms with E-state index >= 15 is 0 Å². The SMILES string of the molecule is CC(C)C[C@H](NC(=O)[C@H](CO)NC(=O)[C@H](CO)NC(=O)CNC(=O)c1ccccc1N)C(=O)N[C@@H](Cc1ccc(O)c([N+](=O)[O-])c1)C(N)=O. The summed E-state index contributed by atoms with van der Waals surface area (Å²) < 4.78 is 0. The van der Waals surface area contributed by atoms with Crippen LogP contribution in [0.1, 0.15) is 36.2 Å². The number of aliphatic hydroxyl groups excluding tert-OH is 2. The first-order valence-corrected chi connectivity index (χ1v) is 14.9. The number of nitro benzene ring substituents is 1. The lowest BCUT2D eigenvalue weighted by Crippen LogP contribution is -2.60. The van der Waals surface area contributed by atoms with Gasteiger partial charge in [0.1, 0.15) is 24.2 Å². The average molecular weight is 689 g/mol. The highest BCUT2D eigenvalue weighted by Gasteiger charge is 2.31. The molecular formula is C30H40N8O11. The molecule has 0 aliphatic heterocycles. The number of phenolic OH excluding ortho intramolecular Hbond substituents is 1. The van der Waals surface area contributed by atoms with E-state index in [0.717, 1.165) is 12.1 Å². The van der Waals surface area contributed by atoms with Crippen LogP contribution in [0.25, 0.3) is 0 Å². The van der Waals surface area contributed by atoms with Crippen molar-refractivity contribution in [1.29, 1.82) is 0 Å². The molecule has 0 heterocycles. The molecule has 2 rings (SSSR count). The topological polar surface area (TPSA) is 318 Å². The molecule has 0 fully saturated rings. The summed E-state index contributed by atoms with van der Waals surface area (Å²) >= 11 is 0. The van der Waals surface area contributed by atoms with Crippen LogP contribution in [0.15, 0.2) is 42.5 Å². The van der Waals surface area contributed by atoms with Crippen LogP contribution in [0, 0.1) is 16.0 Å². The number of nitro groups is 1. The number of aliphatic hydroxyl groups is 2. The quantitative estimate of drug-likeness (QED) is 0.0435. The van der Waals surface area contributed by atoms with Gasteiger partial charge in [-0.05, 0) is 36.1 Å². The van der Waals surface area contributed by atoms with Crippen molar-refractivity contribution >= 4 is 46.8 Å². The Labute approximate surface area is 279 Å². The number of nitrogens with zero attached hydrogens (tertiary/aromatic N) is 1. The second-order valence-electron chi connectivity index (χ2n) is 11.3. The number of carbonyl (C=O) groups excluding carboxylic acids is 6. The van der Waals surface area contributed by atoms with Gasteiger partial charge in [-0.1, -0.05) is 32.0 Å². The van der Waals surface area contributed by atoms with Crippen LogP contribution in [0.3, 0.4) is 0 Å². The first-order valence-electron chi connectivity index (χ1n) is 14.9. The van der Waals surface area contributed by atoms with Crippen LogP contribution in [0.4, 0.5) is 11.4 Å². The number of nitrogens with two attached hydrogens (primary N) is 2. The summed E-state index contributed by atoms with van der Waals surface area (Å²) in [6.07, 6.45) is -0.270. The number of carbonyl (C=O) groups is 6. The molecule has 0 aliphatic rings. The van der Waals surface area contributed by atoms with Crippen LogP contribution in [-0.2, 0) is 30.4 Å². The minimum Gasteiger partial charge on any atom is -0.502 e. The summed E-state index contributed by atoms with van der Waals surface area (Å²) in [4.78, 5) is 86.3. The van der Waals surface area contributed by atoms with Gasteiger partial charge >= 0.3 is 5.69 Å². The Hall–Kier alpha value is -5.82. The van der Waals surface area contributed by atoms with Crippen molar-refractivity contribution in [2.45, 2.75) is 50.9 Å². The fourth-order valence-electron chi connectivity index (χ4n) is 4.41. The lowest BCUT2D eigenvalue weighted by atomic mass is 10.0. The lowest BCUT2D eigenvalue weighted by Gasteiger charge is -2.26. The molecule has 6 amide bonds. The summed E-state index contributed by atoms with van der Waals surface area (Å²) in [6, 6.07) is 3.49. The summed E-state index contributed by atoms with van der Waals surface area (Å²) in [5.74, 6) is -6.32. The molecule has 2 aromatic carbocycles. The van der Waals surface area contributed by atoms with E-state index in [2.05, 4.69) is 26.6 Å². The van der Waals surface area contributed by atoms with Gasteiger partial charge in [0.2, 0.25) is 29.5 Å². The largest absolute Gasteiger partial charge is 0.502 e. The Balaban J connectivity index is 2.06.